The molecule has 0 aliphatic carbocycles. The van der Waals surface area contributed by atoms with E-state index in [1.165, 1.54) is 17.9 Å². The first-order valence-electron chi connectivity index (χ1n) is 8.40. The van der Waals surface area contributed by atoms with Crippen LogP contribution in [0.1, 0.15) is 46.4 Å². The van der Waals surface area contributed by atoms with Crippen LogP contribution in [0.2, 0.25) is 0 Å². The monoisotopic (exact) mass is 396 g/mol. The van der Waals surface area contributed by atoms with E-state index in [1.807, 2.05) is 0 Å². The number of nitrogens with one attached hydrogen (secondary N) is 1. The summed E-state index contributed by atoms with van der Waals surface area (Å²) in [6.45, 7) is 10.1. The van der Waals surface area contributed by atoms with Gasteiger partial charge in [-0.05, 0) is 26.3 Å². The van der Waals surface area contributed by atoms with Crippen molar-refractivity contribution in [3.8, 4) is 0 Å². The quantitative estimate of drug-likeness (QED) is 0.508. The predicted octanol–water partition coefficient (Wildman–Crippen LogP) is 2.38. The van der Waals surface area contributed by atoms with Crippen LogP contribution in [0.15, 0.2) is 12.7 Å². The molecule has 27 heavy (non-hydrogen) atoms. The predicted molar refractivity (Wildman–Crippen MR) is 102 cm³/mol. The molecule has 0 saturated heterocycles. The SMILES string of the molecule is C=CCN(CC(=O)Nc1sc(C(=O)OCC)c(C)c1C(=O)OCC)C(C)=O. The molecule has 0 unspecified atom stereocenters. The molecule has 8 nitrogen and oxygen atoms in total. The molecule has 0 aliphatic heterocycles. The van der Waals surface area contributed by atoms with E-state index in [4.69, 9.17) is 9.47 Å². The first kappa shape index (κ1) is 22.4. The number of anilines is 1. The van der Waals surface area contributed by atoms with Gasteiger partial charge in [0.25, 0.3) is 0 Å². The summed E-state index contributed by atoms with van der Waals surface area (Å²) in [5, 5.41) is 2.78. The largest absolute Gasteiger partial charge is 0.462 e. The minimum absolute atomic E-state index is 0.108. The smallest absolute Gasteiger partial charge is 0.348 e. The highest BCUT2D eigenvalue weighted by Crippen LogP contribution is 2.34. The van der Waals surface area contributed by atoms with Gasteiger partial charge in [0, 0.05) is 13.5 Å². The fourth-order valence-electron chi connectivity index (χ4n) is 2.24. The third kappa shape index (κ3) is 5.92. The Hall–Kier alpha value is -2.68. The Morgan fingerprint density at radius 1 is 1.15 bits per heavy atom. The molecule has 148 valence electrons. The van der Waals surface area contributed by atoms with Crippen molar-refractivity contribution in [2.75, 3.05) is 31.6 Å². The number of nitrogens with zero attached hydrogens (tertiary/aromatic N) is 1. The van der Waals surface area contributed by atoms with Crippen molar-refractivity contribution in [2.24, 2.45) is 0 Å². The van der Waals surface area contributed by atoms with Crippen LogP contribution in [0.5, 0.6) is 0 Å². The molecule has 0 bridgehead atoms. The second-order valence-corrected chi connectivity index (χ2v) is 6.46. The Labute approximate surface area is 162 Å². The second-order valence-electron chi connectivity index (χ2n) is 5.44. The summed E-state index contributed by atoms with van der Waals surface area (Å²) in [4.78, 5) is 49.8. The standard InChI is InChI=1S/C18H24N2O6S/c1-6-9-20(12(5)21)10-13(22)19-16-14(17(23)25-7-2)11(4)15(27-16)18(24)26-8-3/h6H,1,7-10H2,2-5H3,(H,19,22). The Kier molecular flexibility index (Phi) is 8.67. The third-order valence-electron chi connectivity index (χ3n) is 3.47. The van der Waals surface area contributed by atoms with E-state index in [0.29, 0.717) is 5.56 Å². The van der Waals surface area contributed by atoms with Gasteiger partial charge in [-0.1, -0.05) is 6.08 Å². The van der Waals surface area contributed by atoms with Gasteiger partial charge in [-0.15, -0.1) is 17.9 Å². The van der Waals surface area contributed by atoms with Crippen LogP contribution in [-0.2, 0) is 19.1 Å². The minimum Gasteiger partial charge on any atom is -0.462 e. The minimum atomic E-state index is -0.647. The molecule has 0 radical (unpaired) electrons. The van der Waals surface area contributed by atoms with Gasteiger partial charge in [0.2, 0.25) is 11.8 Å². The van der Waals surface area contributed by atoms with Crippen molar-refractivity contribution >= 4 is 40.1 Å². The van der Waals surface area contributed by atoms with Crippen LogP contribution in [0.25, 0.3) is 0 Å². The lowest BCUT2D eigenvalue weighted by Crippen LogP contribution is -2.36. The molecule has 1 aromatic heterocycles. The van der Waals surface area contributed by atoms with Crippen LogP contribution < -0.4 is 5.32 Å². The topological polar surface area (TPSA) is 102 Å². The number of hydrogen-bond donors (Lipinski definition) is 1. The number of hydrogen-bond acceptors (Lipinski definition) is 7. The van der Waals surface area contributed by atoms with Crippen molar-refractivity contribution in [3.63, 3.8) is 0 Å². The molecule has 0 aromatic carbocycles. The highest BCUT2D eigenvalue weighted by atomic mass is 32.1. The van der Waals surface area contributed by atoms with E-state index in [9.17, 15) is 19.2 Å². The maximum Gasteiger partial charge on any atom is 0.348 e. The highest BCUT2D eigenvalue weighted by molar-refractivity contribution is 7.18. The van der Waals surface area contributed by atoms with Gasteiger partial charge < -0.3 is 19.7 Å². The lowest BCUT2D eigenvalue weighted by molar-refractivity contribution is -0.132. The summed E-state index contributed by atoms with van der Waals surface area (Å²) < 4.78 is 10.0. The fourth-order valence-corrected chi connectivity index (χ4v) is 3.35. The molecule has 0 fully saturated rings. The molecule has 0 aliphatic rings. The van der Waals surface area contributed by atoms with Gasteiger partial charge in [-0.25, -0.2) is 9.59 Å². The number of thiophene rings is 1. The summed E-state index contributed by atoms with van der Waals surface area (Å²) in [5.41, 5.74) is 0.484. The molecular weight excluding hydrogens is 372 g/mol. The van der Waals surface area contributed by atoms with Crippen LogP contribution in [0.3, 0.4) is 0 Å². The number of ether oxygens (including phenoxy) is 2. The van der Waals surface area contributed by atoms with Crippen LogP contribution in [0, 0.1) is 6.92 Å². The van der Waals surface area contributed by atoms with Crippen LogP contribution in [-0.4, -0.2) is 55.0 Å². The fraction of sp³-hybridized carbons (Fsp3) is 0.444. The summed E-state index contributed by atoms with van der Waals surface area (Å²) in [7, 11) is 0. The van der Waals surface area contributed by atoms with Crippen LogP contribution >= 0.6 is 11.3 Å². The lowest BCUT2D eigenvalue weighted by atomic mass is 10.1. The van der Waals surface area contributed by atoms with Gasteiger partial charge in [-0.2, -0.15) is 0 Å². The number of rotatable bonds is 9. The van der Waals surface area contributed by atoms with E-state index >= 15 is 0 Å². The van der Waals surface area contributed by atoms with Gasteiger partial charge in [-0.3, -0.25) is 9.59 Å². The summed E-state index contributed by atoms with van der Waals surface area (Å²) >= 11 is 0.935. The molecule has 1 N–H and O–H groups in total. The maximum atomic E-state index is 12.4. The van der Waals surface area contributed by atoms with E-state index in [1.54, 1.807) is 20.8 Å². The average molecular weight is 396 g/mol. The van der Waals surface area contributed by atoms with Crippen molar-refractivity contribution < 1.29 is 28.7 Å². The molecule has 0 spiro atoms. The van der Waals surface area contributed by atoms with Gasteiger partial charge in [0.15, 0.2) is 0 Å². The Morgan fingerprint density at radius 3 is 2.26 bits per heavy atom. The van der Waals surface area contributed by atoms with Crippen molar-refractivity contribution in [2.45, 2.75) is 27.7 Å². The molecule has 1 rings (SSSR count). The Bertz CT molecular complexity index is 740. The molecule has 1 aromatic rings. The van der Waals surface area contributed by atoms with Gasteiger partial charge in [0.1, 0.15) is 16.4 Å². The second kappa shape index (κ2) is 10.5. The zero-order valence-electron chi connectivity index (χ0n) is 15.9. The summed E-state index contributed by atoms with van der Waals surface area (Å²) in [5.74, 6) is -2.02. The maximum absolute atomic E-state index is 12.4. The Balaban J connectivity index is 3.16. The zero-order valence-corrected chi connectivity index (χ0v) is 16.7. The lowest BCUT2D eigenvalue weighted by Gasteiger charge is -2.18. The number of carbonyl (C=O) groups excluding carboxylic acids is 4. The van der Waals surface area contributed by atoms with E-state index in [-0.39, 0.29) is 47.7 Å². The molecule has 1 heterocycles. The highest BCUT2D eigenvalue weighted by Gasteiger charge is 2.27. The van der Waals surface area contributed by atoms with Crippen molar-refractivity contribution in [1.29, 1.82) is 0 Å². The first-order chi connectivity index (χ1) is 12.8. The molecule has 0 atom stereocenters. The molecule has 2 amide bonds. The van der Waals surface area contributed by atoms with Crippen molar-refractivity contribution in [1.82, 2.24) is 4.90 Å². The van der Waals surface area contributed by atoms with E-state index in [2.05, 4.69) is 11.9 Å². The van der Waals surface area contributed by atoms with Crippen LogP contribution in [0.4, 0.5) is 5.00 Å². The summed E-state index contributed by atoms with van der Waals surface area (Å²) in [6, 6.07) is 0. The van der Waals surface area contributed by atoms with Crippen molar-refractivity contribution in [3.05, 3.63) is 28.7 Å². The zero-order chi connectivity index (χ0) is 20.6. The van der Waals surface area contributed by atoms with E-state index < -0.39 is 17.8 Å². The third-order valence-corrected chi connectivity index (χ3v) is 4.66. The Morgan fingerprint density at radius 2 is 1.74 bits per heavy atom. The molecule has 9 heteroatoms. The average Bonchev–Trinajstić information content (AvgIpc) is 2.91. The number of esters is 2. The molecular formula is C18H24N2O6S. The normalized spacial score (nSPS) is 10.1. The molecule has 0 saturated carbocycles. The van der Waals surface area contributed by atoms with Gasteiger partial charge in [0.05, 0.1) is 18.8 Å². The first-order valence-corrected chi connectivity index (χ1v) is 9.22. The van der Waals surface area contributed by atoms with E-state index in [0.717, 1.165) is 11.3 Å². The number of amides is 2. The summed E-state index contributed by atoms with van der Waals surface area (Å²) in [6.07, 6.45) is 1.51. The van der Waals surface area contributed by atoms with Gasteiger partial charge >= 0.3 is 11.9 Å². The number of carbonyl (C=O) groups is 4.